The van der Waals surface area contributed by atoms with Crippen LogP contribution in [0.1, 0.15) is 32.6 Å². The summed E-state index contributed by atoms with van der Waals surface area (Å²) in [4.78, 5) is 12.7. The summed E-state index contributed by atoms with van der Waals surface area (Å²) in [6.45, 7) is 3.78. The SMILES string of the molecule is CCCC1(C(=O)Nc2ccc(F)cc2Br)CCCNC1. The van der Waals surface area contributed by atoms with E-state index >= 15 is 0 Å². The third-order valence-electron chi connectivity index (χ3n) is 3.86. The van der Waals surface area contributed by atoms with Crippen LogP contribution in [0.2, 0.25) is 0 Å². The second-order valence-corrected chi connectivity index (χ2v) is 6.24. The number of hydrogen-bond donors (Lipinski definition) is 2. The van der Waals surface area contributed by atoms with E-state index in [9.17, 15) is 9.18 Å². The standard InChI is InChI=1S/C15H20BrFN2O/c1-2-6-15(7-3-8-18-10-15)14(20)19-13-5-4-11(17)9-12(13)16/h4-5,9,18H,2-3,6-8,10H2,1H3,(H,19,20). The Morgan fingerprint density at radius 1 is 1.55 bits per heavy atom. The van der Waals surface area contributed by atoms with Crippen molar-refractivity contribution in [3.63, 3.8) is 0 Å². The van der Waals surface area contributed by atoms with Gasteiger partial charge >= 0.3 is 0 Å². The second-order valence-electron chi connectivity index (χ2n) is 5.39. The van der Waals surface area contributed by atoms with E-state index in [1.807, 2.05) is 0 Å². The molecular weight excluding hydrogens is 323 g/mol. The van der Waals surface area contributed by atoms with Crippen molar-refractivity contribution in [1.82, 2.24) is 5.32 Å². The number of halogens is 2. The number of piperidine rings is 1. The van der Waals surface area contributed by atoms with E-state index in [1.165, 1.54) is 12.1 Å². The lowest BCUT2D eigenvalue weighted by atomic mass is 9.76. The Bertz CT molecular complexity index is 481. The minimum absolute atomic E-state index is 0.0267. The molecule has 2 N–H and O–H groups in total. The van der Waals surface area contributed by atoms with Crippen LogP contribution in [-0.4, -0.2) is 19.0 Å². The van der Waals surface area contributed by atoms with Gasteiger partial charge in [-0.15, -0.1) is 0 Å². The summed E-state index contributed by atoms with van der Waals surface area (Å²) < 4.78 is 13.7. The maximum atomic E-state index is 13.1. The Hall–Kier alpha value is -0.940. The molecule has 0 radical (unpaired) electrons. The first-order chi connectivity index (χ1) is 9.57. The van der Waals surface area contributed by atoms with Crippen molar-refractivity contribution in [3.8, 4) is 0 Å². The van der Waals surface area contributed by atoms with E-state index in [0.717, 1.165) is 32.2 Å². The summed E-state index contributed by atoms with van der Waals surface area (Å²) in [5, 5.41) is 6.26. The fraction of sp³-hybridized carbons (Fsp3) is 0.533. The van der Waals surface area contributed by atoms with Crippen molar-refractivity contribution in [3.05, 3.63) is 28.5 Å². The number of rotatable bonds is 4. The first kappa shape index (κ1) is 15.4. The van der Waals surface area contributed by atoms with E-state index < -0.39 is 0 Å². The number of nitrogens with one attached hydrogen (secondary N) is 2. The summed E-state index contributed by atoms with van der Waals surface area (Å²) in [7, 11) is 0. The zero-order valence-corrected chi connectivity index (χ0v) is 13.2. The molecule has 5 heteroatoms. The number of benzene rings is 1. The van der Waals surface area contributed by atoms with Gasteiger partial charge < -0.3 is 10.6 Å². The van der Waals surface area contributed by atoms with Crippen LogP contribution in [0.5, 0.6) is 0 Å². The molecule has 1 aromatic carbocycles. The van der Waals surface area contributed by atoms with Crippen LogP contribution in [0.25, 0.3) is 0 Å². The van der Waals surface area contributed by atoms with Crippen LogP contribution in [0.4, 0.5) is 10.1 Å². The largest absolute Gasteiger partial charge is 0.325 e. The molecule has 1 fully saturated rings. The fourth-order valence-electron chi connectivity index (χ4n) is 2.81. The molecule has 1 aliphatic rings. The predicted octanol–water partition coefficient (Wildman–Crippen LogP) is 3.70. The summed E-state index contributed by atoms with van der Waals surface area (Å²) in [5.41, 5.74) is 0.276. The van der Waals surface area contributed by atoms with E-state index in [0.29, 0.717) is 16.7 Å². The molecule has 1 amide bonds. The number of carbonyl (C=O) groups is 1. The lowest BCUT2D eigenvalue weighted by Crippen LogP contribution is -2.48. The summed E-state index contributed by atoms with van der Waals surface area (Å²) in [5.74, 6) is -0.295. The van der Waals surface area contributed by atoms with Gasteiger partial charge in [-0.05, 0) is 59.9 Å². The maximum absolute atomic E-state index is 13.1. The number of hydrogen-bond acceptors (Lipinski definition) is 2. The highest BCUT2D eigenvalue weighted by atomic mass is 79.9. The zero-order valence-electron chi connectivity index (χ0n) is 11.6. The van der Waals surface area contributed by atoms with Gasteiger partial charge in [-0.25, -0.2) is 4.39 Å². The lowest BCUT2D eigenvalue weighted by molar-refractivity contribution is -0.127. The second kappa shape index (κ2) is 6.68. The molecule has 1 aliphatic heterocycles. The van der Waals surface area contributed by atoms with Crippen molar-refractivity contribution in [2.75, 3.05) is 18.4 Å². The third kappa shape index (κ3) is 3.38. The van der Waals surface area contributed by atoms with Crippen LogP contribution in [0, 0.1) is 11.2 Å². The van der Waals surface area contributed by atoms with Gasteiger partial charge in [-0.3, -0.25) is 4.79 Å². The number of carbonyl (C=O) groups excluding carboxylic acids is 1. The zero-order chi connectivity index (χ0) is 14.6. The molecular formula is C15H20BrFN2O. The molecule has 3 nitrogen and oxygen atoms in total. The average Bonchev–Trinajstić information content (AvgIpc) is 2.43. The molecule has 0 bridgehead atoms. The highest BCUT2D eigenvalue weighted by molar-refractivity contribution is 9.10. The molecule has 0 saturated carbocycles. The van der Waals surface area contributed by atoms with Crippen molar-refractivity contribution in [1.29, 1.82) is 0 Å². The van der Waals surface area contributed by atoms with Gasteiger partial charge in [0.1, 0.15) is 5.82 Å². The average molecular weight is 343 g/mol. The summed E-state index contributed by atoms with van der Waals surface area (Å²) >= 11 is 3.29. The Labute approximate surface area is 127 Å². The highest BCUT2D eigenvalue weighted by Gasteiger charge is 2.38. The van der Waals surface area contributed by atoms with Gasteiger partial charge in [0, 0.05) is 11.0 Å². The van der Waals surface area contributed by atoms with Crippen molar-refractivity contribution in [2.45, 2.75) is 32.6 Å². The quantitative estimate of drug-likeness (QED) is 0.875. The third-order valence-corrected chi connectivity index (χ3v) is 4.52. The molecule has 2 rings (SSSR count). The fourth-order valence-corrected chi connectivity index (χ4v) is 3.26. The van der Waals surface area contributed by atoms with Gasteiger partial charge in [0.2, 0.25) is 5.91 Å². The molecule has 0 spiro atoms. The Morgan fingerprint density at radius 3 is 2.95 bits per heavy atom. The molecule has 1 heterocycles. The Morgan fingerprint density at radius 2 is 2.35 bits per heavy atom. The molecule has 1 aromatic rings. The van der Waals surface area contributed by atoms with Gasteiger partial charge in [0.05, 0.1) is 11.1 Å². The number of amides is 1. The van der Waals surface area contributed by atoms with Crippen LogP contribution < -0.4 is 10.6 Å². The van der Waals surface area contributed by atoms with E-state index in [4.69, 9.17) is 0 Å². The molecule has 0 aliphatic carbocycles. The predicted molar refractivity (Wildman–Crippen MR) is 82.2 cm³/mol. The van der Waals surface area contributed by atoms with Crippen molar-refractivity contribution < 1.29 is 9.18 Å². The molecule has 0 aromatic heterocycles. The highest BCUT2D eigenvalue weighted by Crippen LogP contribution is 2.34. The molecule has 1 unspecified atom stereocenters. The summed E-state index contributed by atoms with van der Waals surface area (Å²) in [6, 6.07) is 4.31. The first-order valence-corrected chi connectivity index (χ1v) is 7.84. The lowest BCUT2D eigenvalue weighted by Gasteiger charge is -2.36. The minimum Gasteiger partial charge on any atom is -0.325 e. The molecule has 20 heavy (non-hydrogen) atoms. The van der Waals surface area contributed by atoms with Gasteiger partial charge in [0.15, 0.2) is 0 Å². The van der Waals surface area contributed by atoms with Crippen LogP contribution in [-0.2, 0) is 4.79 Å². The van der Waals surface area contributed by atoms with Crippen LogP contribution in [0.15, 0.2) is 22.7 Å². The summed E-state index contributed by atoms with van der Waals surface area (Å²) in [6.07, 6.45) is 3.75. The monoisotopic (exact) mass is 342 g/mol. The van der Waals surface area contributed by atoms with Crippen LogP contribution in [0.3, 0.4) is 0 Å². The molecule has 110 valence electrons. The van der Waals surface area contributed by atoms with Gasteiger partial charge in [-0.1, -0.05) is 13.3 Å². The van der Waals surface area contributed by atoms with E-state index in [-0.39, 0.29) is 17.1 Å². The minimum atomic E-state index is -0.346. The topological polar surface area (TPSA) is 41.1 Å². The maximum Gasteiger partial charge on any atom is 0.231 e. The normalized spacial score (nSPS) is 22.6. The smallest absolute Gasteiger partial charge is 0.231 e. The molecule has 1 atom stereocenters. The Kier molecular flexibility index (Phi) is 5.16. The van der Waals surface area contributed by atoms with Crippen LogP contribution >= 0.6 is 15.9 Å². The van der Waals surface area contributed by atoms with Gasteiger partial charge in [-0.2, -0.15) is 0 Å². The Balaban J connectivity index is 2.15. The van der Waals surface area contributed by atoms with E-state index in [2.05, 4.69) is 33.5 Å². The van der Waals surface area contributed by atoms with Gasteiger partial charge in [0.25, 0.3) is 0 Å². The van der Waals surface area contributed by atoms with E-state index in [1.54, 1.807) is 6.07 Å². The number of anilines is 1. The first-order valence-electron chi connectivity index (χ1n) is 7.04. The molecule has 1 saturated heterocycles. The van der Waals surface area contributed by atoms with Crippen molar-refractivity contribution >= 4 is 27.5 Å². The van der Waals surface area contributed by atoms with Crippen molar-refractivity contribution in [2.24, 2.45) is 5.41 Å².